The second-order valence-corrected chi connectivity index (χ2v) is 16.1. The van der Waals surface area contributed by atoms with Crippen LogP contribution in [0.1, 0.15) is 79.4 Å². The highest BCUT2D eigenvalue weighted by Crippen LogP contribution is 2.42. The quantitative estimate of drug-likeness (QED) is 0.404. The molecule has 1 rings (SSSR count). The van der Waals surface area contributed by atoms with Crippen LogP contribution in [0.15, 0.2) is 24.3 Å². The predicted molar refractivity (Wildman–Crippen MR) is 132 cm³/mol. The van der Waals surface area contributed by atoms with Gasteiger partial charge in [0.05, 0.1) is 12.5 Å². The topological polar surface area (TPSA) is 76.1 Å². The molecule has 182 valence electrons. The van der Waals surface area contributed by atoms with E-state index in [1.54, 1.807) is 27.8 Å². The van der Waals surface area contributed by atoms with Gasteiger partial charge >= 0.3 is 12.1 Å². The fourth-order valence-corrected chi connectivity index (χ4v) is 9.99. The Morgan fingerprint density at radius 3 is 1.81 bits per heavy atom. The van der Waals surface area contributed by atoms with Crippen molar-refractivity contribution in [3.63, 3.8) is 0 Å². The van der Waals surface area contributed by atoms with E-state index in [4.69, 9.17) is 9.16 Å². The minimum absolute atomic E-state index is 0.0319. The van der Waals surface area contributed by atoms with E-state index < -0.39 is 31.9 Å². The van der Waals surface area contributed by atoms with Crippen LogP contribution < -0.4 is 0 Å². The Morgan fingerprint density at radius 1 is 0.969 bits per heavy atom. The van der Waals surface area contributed by atoms with Crippen molar-refractivity contribution in [3.05, 3.63) is 35.4 Å². The number of benzene rings is 1. The van der Waals surface area contributed by atoms with Crippen LogP contribution in [-0.4, -0.2) is 49.6 Å². The van der Waals surface area contributed by atoms with E-state index in [9.17, 15) is 14.7 Å². The van der Waals surface area contributed by atoms with Gasteiger partial charge in [0.1, 0.15) is 5.60 Å². The molecule has 1 aromatic carbocycles. The first-order chi connectivity index (χ1) is 14.6. The second kappa shape index (κ2) is 11.3. The fraction of sp³-hybridized carbons (Fsp3) is 0.680. The summed E-state index contributed by atoms with van der Waals surface area (Å²) in [4.78, 5) is 25.5. The minimum Gasteiger partial charge on any atom is -0.481 e. The minimum atomic E-state index is -1.97. The summed E-state index contributed by atoms with van der Waals surface area (Å²) in [5.74, 6) is -1.81. The van der Waals surface area contributed by atoms with Crippen molar-refractivity contribution in [3.8, 4) is 0 Å². The second-order valence-electron chi connectivity index (χ2n) is 10.6. The van der Waals surface area contributed by atoms with E-state index in [1.807, 2.05) is 24.3 Å². The van der Waals surface area contributed by atoms with Crippen molar-refractivity contribution in [2.24, 2.45) is 0 Å². The molecule has 0 heterocycles. The number of amides is 1. The van der Waals surface area contributed by atoms with Crippen LogP contribution in [0.25, 0.3) is 0 Å². The van der Waals surface area contributed by atoms with Gasteiger partial charge in [-0.3, -0.25) is 4.79 Å². The molecule has 1 aromatic rings. The van der Waals surface area contributed by atoms with Crippen LogP contribution in [0.4, 0.5) is 4.79 Å². The van der Waals surface area contributed by atoms with E-state index >= 15 is 0 Å². The number of likely N-dealkylation sites (N-methyl/N-ethyl adjacent to an activating group) is 1. The Balaban J connectivity index is 2.96. The molecular formula is C25H43NO5Si. The molecule has 1 N–H and O–H groups in total. The lowest BCUT2D eigenvalue weighted by atomic mass is 9.97. The molecule has 0 aliphatic heterocycles. The highest BCUT2D eigenvalue weighted by Gasteiger charge is 2.44. The van der Waals surface area contributed by atoms with Gasteiger partial charge in [0.25, 0.3) is 0 Å². The van der Waals surface area contributed by atoms with Gasteiger partial charge in [-0.25, -0.2) is 4.79 Å². The number of nitrogens with zero attached hydrogens (tertiary/aromatic N) is 1. The first kappa shape index (κ1) is 28.2. The van der Waals surface area contributed by atoms with Crippen LogP contribution in [0.2, 0.25) is 16.6 Å². The Hall–Kier alpha value is -1.86. The highest BCUT2D eigenvalue weighted by atomic mass is 28.4. The van der Waals surface area contributed by atoms with Gasteiger partial charge < -0.3 is 19.2 Å². The summed E-state index contributed by atoms with van der Waals surface area (Å²) in [7, 11) is -0.414. The Morgan fingerprint density at radius 2 is 1.44 bits per heavy atom. The largest absolute Gasteiger partial charge is 0.481 e. The number of ether oxygens (including phenoxy) is 1. The Labute approximate surface area is 195 Å². The maximum atomic E-state index is 12.2. The number of hydrogen-bond donors (Lipinski definition) is 1. The molecule has 0 aliphatic rings. The first-order valence-corrected chi connectivity index (χ1v) is 13.7. The lowest BCUT2D eigenvalue weighted by Gasteiger charge is -2.42. The van der Waals surface area contributed by atoms with E-state index in [0.29, 0.717) is 28.8 Å². The normalized spacial score (nSPS) is 13.5. The molecule has 6 nitrogen and oxygen atoms in total. The van der Waals surface area contributed by atoms with Crippen molar-refractivity contribution >= 4 is 20.4 Å². The van der Waals surface area contributed by atoms with Crippen LogP contribution in [0, 0.1) is 0 Å². The number of carbonyl (C=O) groups excluding carboxylic acids is 1. The van der Waals surface area contributed by atoms with E-state index in [-0.39, 0.29) is 6.54 Å². The van der Waals surface area contributed by atoms with Crippen molar-refractivity contribution in [1.29, 1.82) is 0 Å². The summed E-state index contributed by atoms with van der Waals surface area (Å²) >= 11 is 0. The smallest absolute Gasteiger partial charge is 0.410 e. The number of aliphatic carboxylic acids is 1. The first-order valence-electron chi connectivity index (χ1n) is 11.5. The maximum Gasteiger partial charge on any atom is 0.410 e. The molecule has 1 amide bonds. The fourth-order valence-electron chi connectivity index (χ4n) is 4.57. The van der Waals surface area contributed by atoms with Gasteiger partial charge in [-0.05, 0) is 48.5 Å². The molecule has 1 atom stereocenters. The molecule has 32 heavy (non-hydrogen) atoms. The molecule has 0 aliphatic carbocycles. The van der Waals surface area contributed by atoms with Gasteiger partial charge in [0, 0.05) is 13.6 Å². The van der Waals surface area contributed by atoms with Gasteiger partial charge in [0.2, 0.25) is 8.32 Å². The van der Waals surface area contributed by atoms with Crippen molar-refractivity contribution < 1.29 is 23.9 Å². The number of carbonyl (C=O) groups is 2. The summed E-state index contributed by atoms with van der Waals surface area (Å²) in [6.45, 7) is 19.4. The number of rotatable bonds is 10. The Bertz CT molecular complexity index is 731. The van der Waals surface area contributed by atoms with Crippen LogP contribution >= 0.6 is 0 Å². The number of carboxylic acids is 1. The van der Waals surface area contributed by atoms with E-state index in [0.717, 1.165) is 5.56 Å². The van der Waals surface area contributed by atoms with Gasteiger partial charge in [-0.15, -0.1) is 0 Å². The van der Waals surface area contributed by atoms with E-state index in [1.165, 1.54) is 4.90 Å². The third kappa shape index (κ3) is 7.34. The maximum absolute atomic E-state index is 12.2. The third-order valence-electron chi connectivity index (χ3n) is 6.04. The molecule has 0 saturated heterocycles. The third-order valence-corrected chi connectivity index (χ3v) is 12.1. The lowest BCUT2D eigenvalue weighted by molar-refractivity contribution is -0.139. The monoisotopic (exact) mass is 465 g/mol. The molecule has 0 bridgehead atoms. The molecule has 0 fully saturated rings. The van der Waals surface area contributed by atoms with Crippen LogP contribution in [0.3, 0.4) is 0 Å². The van der Waals surface area contributed by atoms with Gasteiger partial charge in [-0.1, -0.05) is 65.8 Å². The summed E-state index contributed by atoms with van der Waals surface area (Å²) in [6.07, 6.45) is -0.536. The predicted octanol–water partition coefficient (Wildman–Crippen LogP) is 6.41. The summed E-state index contributed by atoms with van der Waals surface area (Å²) in [5, 5.41) is 9.75. The molecule has 0 radical (unpaired) electrons. The molecule has 0 spiro atoms. The molecular weight excluding hydrogens is 422 g/mol. The zero-order valence-corrected chi connectivity index (χ0v) is 22.6. The Kier molecular flexibility index (Phi) is 9.97. The average molecular weight is 466 g/mol. The number of carboxylic acid groups (broad SMARTS) is 1. The molecule has 0 aromatic heterocycles. The zero-order valence-electron chi connectivity index (χ0n) is 21.6. The highest BCUT2D eigenvalue weighted by molar-refractivity contribution is 6.77. The SMILES string of the molecule is CC(C)[Si](OCc1ccc(C(CN(C)C(=O)OC(C)(C)C)C(=O)O)cc1)(C(C)C)C(C)C. The molecule has 7 heteroatoms. The van der Waals surface area contributed by atoms with Crippen molar-refractivity contribution in [2.45, 2.75) is 97.1 Å². The summed E-state index contributed by atoms with van der Waals surface area (Å²) < 4.78 is 12.0. The standard InChI is InChI=1S/C25H43NO5Si/c1-17(2)32(18(3)4,19(5)6)30-16-20-11-13-21(14-12-20)22(23(27)28)15-26(10)24(29)31-25(7,8)9/h11-14,17-19,22H,15-16H2,1-10H3,(H,27,28). The van der Waals surface area contributed by atoms with Crippen LogP contribution in [-0.2, 0) is 20.6 Å². The van der Waals surface area contributed by atoms with Crippen molar-refractivity contribution in [2.75, 3.05) is 13.6 Å². The summed E-state index contributed by atoms with van der Waals surface area (Å²) in [6, 6.07) is 7.51. The molecule has 0 saturated carbocycles. The van der Waals surface area contributed by atoms with Gasteiger partial charge in [-0.2, -0.15) is 0 Å². The van der Waals surface area contributed by atoms with Crippen molar-refractivity contribution in [1.82, 2.24) is 4.90 Å². The van der Waals surface area contributed by atoms with Crippen LogP contribution in [0.5, 0.6) is 0 Å². The lowest BCUT2D eigenvalue weighted by Crippen LogP contribution is -2.47. The summed E-state index contributed by atoms with van der Waals surface area (Å²) in [5.41, 5.74) is 2.55. The van der Waals surface area contributed by atoms with E-state index in [2.05, 4.69) is 41.5 Å². The zero-order chi connectivity index (χ0) is 24.9. The molecule has 1 unspecified atom stereocenters. The van der Waals surface area contributed by atoms with Gasteiger partial charge in [0.15, 0.2) is 0 Å². The number of hydrogen-bond acceptors (Lipinski definition) is 4. The average Bonchev–Trinajstić information content (AvgIpc) is 2.64.